The van der Waals surface area contributed by atoms with Crippen molar-refractivity contribution >= 4 is 49.8 Å². The van der Waals surface area contributed by atoms with Crippen LogP contribution < -0.4 is 9.64 Å². The van der Waals surface area contributed by atoms with Crippen molar-refractivity contribution in [2.45, 2.75) is 33.2 Å². The molecule has 4 aromatic rings. The van der Waals surface area contributed by atoms with Crippen LogP contribution in [0.4, 0.5) is 10.8 Å². The SMILES string of the molecule is CCCOc1cccc(/C(O)=C2\C(=O)C(=O)N(c3nc4c(C)cc(C)cc4s3)C2c2cccc([N+](=O)[O-])c2)c1. The van der Waals surface area contributed by atoms with E-state index < -0.39 is 28.4 Å². The number of rotatable bonds is 7. The van der Waals surface area contributed by atoms with Crippen LogP contribution >= 0.6 is 11.3 Å². The van der Waals surface area contributed by atoms with Crippen molar-refractivity contribution in [1.29, 1.82) is 0 Å². The molecule has 1 saturated heterocycles. The van der Waals surface area contributed by atoms with Crippen LogP contribution in [0.5, 0.6) is 5.75 Å². The van der Waals surface area contributed by atoms with Crippen molar-refractivity contribution < 1.29 is 24.4 Å². The summed E-state index contributed by atoms with van der Waals surface area (Å²) < 4.78 is 6.51. The second-order valence-corrected chi connectivity index (χ2v) is 10.3. The molecule has 3 aromatic carbocycles. The largest absolute Gasteiger partial charge is 0.507 e. The maximum atomic E-state index is 13.5. The lowest BCUT2D eigenvalue weighted by Gasteiger charge is -2.22. The lowest BCUT2D eigenvalue weighted by atomic mass is 9.95. The molecule has 1 aliphatic heterocycles. The Morgan fingerprint density at radius 1 is 1.13 bits per heavy atom. The first-order valence-electron chi connectivity index (χ1n) is 12.4. The summed E-state index contributed by atoms with van der Waals surface area (Å²) in [4.78, 5) is 44.0. The molecule has 0 saturated carbocycles. The highest BCUT2D eigenvalue weighted by Crippen LogP contribution is 2.45. The fraction of sp³-hybridized carbons (Fsp3) is 0.207. The van der Waals surface area contributed by atoms with Gasteiger partial charge in [-0.1, -0.05) is 48.6 Å². The average Bonchev–Trinajstić information content (AvgIpc) is 3.45. The molecular weight excluding hydrogens is 518 g/mol. The van der Waals surface area contributed by atoms with Crippen LogP contribution in [0.15, 0.2) is 66.2 Å². The number of nitrogens with zero attached hydrogens (tertiary/aromatic N) is 3. The molecule has 1 unspecified atom stereocenters. The number of carbonyl (C=O) groups excluding carboxylic acids is 2. The molecule has 198 valence electrons. The minimum absolute atomic E-state index is 0.180. The molecule has 1 atom stereocenters. The first kappa shape index (κ1) is 26.1. The van der Waals surface area contributed by atoms with E-state index in [1.54, 1.807) is 30.3 Å². The summed E-state index contributed by atoms with van der Waals surface area (Å²) in [5.74, 6) is -1.68. The van der Waals surface area contributed by atoms with Gasteiger partial charge in [-0.3, -0.25) is 24.6 Å². The van der Waals surface area contributed by atoms with Gasteiger partial charge in [0.2, 0.25) is 0 Å². The fourth-order valence-corrected chi connectivity index (χ4v) is 5.89. The highest BCUT2D eigenvalue weighted by molar-refractivity contribution is 7.22. The van der Waals surface area contributed by atoms with Gasteiger partial charge in [0.25, 0.3) is 11.5 Å². The summed E-state index contributed by atoms with van der Waals surface area (Å²) in [6, 6.07) is 15.1. The van der Waals surface area contributed by atoms with Gasteiger partial charge < -0.3 is 9.84 Å². The third kappa shape index (κ3) is 4.74. The van der Waals surface area contributed by atoms with Crippen molar-refractivity contribution in [3.63, 3.8) is 0 Å². The summed E-state index contributed by atoms with van der Waals surface area (Å²) in [5, 5.41) is 23.3. The number of amides is 1. The fourth-order valence-electron chi connectivity index (χ4n) is 4.72. The van der Waals surface area contributed by atoms with Gasteiger partial charge in [-0.05, 0) is 55.2 Å². The highest BCUT2D eigenvalue weighted by atomic mass is 32.1. The Bertz CT molecular complexity index is 1670. The molecule has 0 radical (unpaired) electrons. The van der Waals surface area contributed by atoms with E-state index in [0.29, 0.717) is 23.4 Å². The molecule has 2 heterocycles. The molecule has 1 fully saturated rings. The van der Waals surface area contributed by atoms with Crippen molar-refractivity contribution in [3.8, 4) is 5.75 Å². The van der Waals surface area contributed by atoms with Crippen LogP contribution in [0.25, 0.3) is 16.0 Å². The standard InChI is InChI=1S/C29H25N3O6S/c1-4-11-38-21-10-6-8-19(15-21)26(33)23-25(18-7-5-9-20(14-18)32(36)37)31(28(35)27(23)34)29-30-24-17(3)12-16(2)13-22(24)39-29/h5-10,12-15,25,33H,4,11H2,1-3H3/b26-23+. The third-order valence-electron chi connectivity index (χ3n) is 6.45. The third-order valence-corrected chi connectivity index (χ3v) is 7.45. The molecule has 39 heavy (non-hydrogen) atoms. The summed E-state index contributed by atoms with van der Waals surface area (Å²) in [5.41, 5.74) is 2.84. The monoisotopic (exact) mass is 543 g/mol. The predicted octanol–water partition coefficient (Wildman–Crippen LogP) is 6.24. The number of fused-ring (bicyclic) bond motifs is 1. The minimum atomic E-state index is -1.13. The number of aryl methyl sites for hydroxylation is 2. The first-order chi connectivity index (χ1) is 18.7. The zero-order valence-corrected chi connectivity index (χ0v) is 22.3. The number of carbonyl (C=O) groups is 2. The summed E-state index contributed by atoms with van der Waals surface area (Å²) in [6.07, 6.45) is 0.787. The molecule has 9 nitrogen and oxygen atoms in total. The van der Waals surface area contributed by atoms with Crippen molar-refractivity contribution in [2.24, 2.45) is 0 Å². The molecule has 1 N–H and O–H groups in total. The van der Waals surface area contributed by atoms with E-state index in [9.17, 15) is 24.8 Å². The Balaban J connectivity index is 1.72. The molecule has 1 aromatic heterocycles. The summed E-state index contributed by atoms with van der Waals surface area (Å²) in [7, 11) is 0. The highest BCUT2D eigenvalue weighted by Gasteiger charge is 2.48. The van der Waals surface area contributed by atoms with Crippen molar-refractivity contribution in [3.05, 3.63) is 98.6 Å². The van der Waals surface area contributed by atoms with Crippen LogP contribution in [0.3, 0.4) is 0 Å². The first-order valence-corrected chi connectivity index (χ1v) is 13.2. The summed E-state index contributed by atoms with van der Waals surface area (Å²) in [6.45, 7) is 6.31. The topological polar surface area (TPSA) is 123 Å². The number of anilines is 1. The predicted molar refractivity (Wildman–Crippen MR) is 149 cm³/mol. The zero-order chi connectivity index (χ0) is 27.8. The Hall–Kier alpha value is -4.57. The van der Waals surface area contributed by atoms with E-state index in [2.05, 4.69) is 4.98 Å². The van der Waals surface area contributed by atoms with Gasteiger partial charge in [-0.15, -0.1) is 0 Å². The quantitative estimate of drug-likeness (QED) is 0.0963. The van der Waals surface area contributed by atoms with Crippen LogP contribution in [-0.2, 0) is 9.59 Å². The van der Waals surface area contributed by atoms with Crippen LogP contribution in [0, 0.1) is 24.0 Å². The Morgan fingerprint density at radius 2 is 1.90 bits per heavy atom. The van der Waals surface area contributed by atoms with Crippen molar-refractivity contribution in [2.75, 3.05) is 11.5 Å². The number of nitro benzene ring substituents is 1. The number of aliphatic hydroxyl groups excluding tert-OH is 1. The number of hydrogen-bond acceptors (Lipinski definition) is 8. The number of ether oxygens (including phenoxy) is 1. The number of Topliss-reactive ketones (excluding diaryl/α,β-unsaturated/α-hetero) is 1. The number of ketones is 1. The van der Waals surface area contributed by atoms with Crippen LogP contribution in [0.2, 0.25) is 0 Å². The molecule has 0 aliphatic carbocycles. The van der Waals surface area contributed by atoms with E-state index in [-0.39, 0.29) is 22.0 Å². The van der Waals surface area contributed by atoms with E-state index >= 15 is 0 Å². The Labute approximate surface area is 228 Å². The zero-order valence-electron chi connectivity index (χ0n) is 21.5. The number of hydrogen-bond donors (Lipinski definition) is 1. The normalized spacial score (nSPS) is 16.7. The lowest BCUT2D eigenvalue weighted by molar-refractivity contribution is -0.384. The number of thiazole rings is 1. The number of aromatic nitrogens is 1. The molecule has 0 bridgehead atoms. The van der Waals surface area contributed by atoms with Gasteiger partial charge in [0.15, 0.2) is 5.13 Å². The molecular formula is C29H25N3O6S. The Morgan fingerprint density at radius 3 is 2.64 bits per heavy atom. The Kier molecular flexibility index (Phi) is 6.88. The number of non-ortho nitro benzene ring substituents is 1. The van der Waals surface area contributed by atoms with E-state index in [0.717, 1.165) is 22.2 Å². The van der Waals surface area contributed by atoms with E-state index in [4.69, 9.17) is 4.74 Å². The van der Waals surface area contributed by atoms with Gasteiger partial charge in [0, 0.05) is 17.7 Å². The molecule has 10 heteroatoms. The van der Waals surface area contributed by atoms with Gasteiger partial charge in [0.1, 0.15) is 11.5 Å². The van der Waals surface area contributed by atoms with Crippen molar-refractivity contribution in [1.82, 2.24) is 4.98 Å². The molecule has 1 aliphatic rings. The molecule has 5 rings (SSSR count). The molecule has 0 spiro atoms. The lowest BCUT2D eigenvalue weighted by Crippen LogP contribution is -2.29. The second-order valence-electron chi connectivity index (χ2n) is 9.32. The van der Waals surface area contributed by atoms with E-state index in [1.165, 1.54) is 34.4 Å². The minimum Gasteiger partial charge on any atom is -0.507 e. The smallest absolute Gasteiger partial charge is 0.301 e. The maximum absolute atomic E-state index is 13.5. The number of aliphatic hydroxyl groups is 1. The summed E-state index contributed by atoms with van der Waals surface area (Å²) >= 11 is 1.24. The second kappa shape index (κ2) is 10.3. The van der Waals surface area contributed by atoms with Crippen LogP contribution in [0.1, 0.15) is 41.6 Å². The number of nitro groups is 1. The van der Waals surface area contributed by atoms with E-state index in [1.807, 2.05) is 32.9 Å². The van der Waals surface area contributed by atoms with Gasteiger partial charge >= 0.3 is 5.91 Å². The van der Waals surface area contributed by atoms with Gasteiger partial charge in [-0.2, -0.15) is 0 Å². The number of benzene rings is 3. The molecule has 1 amide bonds. The van der Waals surface area contributed by atoms with Crippen LogP contribution in [-0.4, -0.2) is 33.3 Å². The average molecular weight is 544 g/mol. The van der Waals surface area contributed by atoms with Gasteiger partial charge in [-0.25, -0.2) is 4.98 Å². The maximum Gasteiger partial charge on any atom is 0.301 e. The van der Waals surface area contributed by atoms with Gasteiger partial charge in [0.05, 0.1) is 33.4 Å².